The highest BCUT2D eigenvalue weighted by Gasteiger charge is 2.20. The van der Waals surface area contributed by atoms with E-state index in [4.69, 9.17) is 9.47 Å². The van der Waals surface area contributed by atoms with Crippen molar-refractivity contribution in [2.45, 2.75) is 33.1 Å². The van der Waals surface area contributed by atoms with Gasteiger partial charge in [-0.05, 0) is 31.9 Å². The molecule has 1 aromatic carbocycles. The summed E-state index contributed by atoms with van der Waals surface area (Å²) in [7, 11) is 0. The molecule has 0 N–H and O–H groups in total. The van der Waals surface area contributed by atoms with Crippen LogP contribution in [-0.2, 0) is 25.5 Å². The molecule has 4 nitrogen and oxygen atoms in total. The Kier molecular flexibility index (Phi) is 6.06. The second kappa shape index (κ2) is 7.56. The summed E-state index contributed by atoms with van der Waals surface area (Å²) >= 11 is 0. The van der Waals surface area contributed by atoms with Gasteiger partial charge < -0.3 is 9.47 Å². The van der Waals surface area contributed by atoms with Gasteiger partial charge in [0.15, 0.2) is 0 Å². The van der Waals surface area contributed by atoms with E-state index in [-0.39, 0.29) is 24.3 Å². The molecule has 0 bridgehead atoms. The van der Waals surface area contributed by atoms with Gasteiger partial charge in [0, 0.05) is 0 Å². The summed E-state index contributed by atoms with van der Waals surface area (Å²) in [6.45, 7) is 6.03. The zero-order valence-electron chi connectivity index (χ0n) is 11.6. The van der Waals surface area contributed by atoms with E-state index in [2.05, 4.69) is 0 Å². The van der Waals surface area contributed by atoms with Gasteiger partial charge in [-0.25, -0.2) is 0 Å². The molecule has 0 heterocycles. The molecule has 1 aromatic rings. The summed E-state index contributed by atoms with van der Waals surface area (Å²) < 4.78 is 9.94. The summed E-state index contributed by atoms with van der Waals surface area (Å²) in [5, 5.41) is 0. The summed E-state index contributed by atoms with van der Waals surface area (Å²) in [4.78, 5) is 23.3. The van der Waals surface area contributed by atoms with Crippen LogP contribution >= 0.6 is 0 Å². The first-order valence-electron chi connectivity index (χ1n) is 6.50. The summed E-state index contributed by atoms with van der Waals surface area (Å²) in [5.74, 6) is -0.949. The van der Waals surface area contributed by atoms with Crippen molar-refractivity contribution in [1.82, 2.24) is 0 Å². The third-order valence-corrected chi connectivity index (χ3v) is 2.80. The van der Waals surface area contributed by atoms with Crippen LogP contribution in [0.2, 0.25) is 0 Å². The van der Waals surface area contributed by atoms with Crippen LogP contribution in [0.1, 0.15) is 37.8 Å². The Balaban J connectivity index is 2.89. The first-order valence-corrected chi connectivity index (χ1v) is 6.50. The van der Waals surface area contributed by atoms with E-state index in [0.717, 1.165) is 11.1 Å². The molecule has 0 aliphatic rings. The van der Waals surface area contributed by atoms with E-state index >= 15 is 0 Å². The van der Waals surface area contributed by atoms with Crippen molar-refractivity contribution >= 4 is 11.9 Å². The summed E-state index contributed by atoms with van der Waals surface area (Å²) in [6.07, 6.45) is 0.174. The van der Waals surface area contributed by atoms with Crippen molar-refractivity contribution in [3.63, 3.8) is 0 Å². The Morgan fingerprint density at radius 2 is 1.74 bits per heavy atom. The van der Waals surface area contributed by atoms with E-state index in [1.54, 1.807) is 20.8 Å². The monoisotopic (exact) mass is 264 g/mol. The largest absolute Gasteiger partial charge is 0.466 e. The van der Waals surface area contributed by atoms with E-state index in [1.807, 2.05) is 24.3 Å². The van der Waals surface area contributed by atoms with E-state index in [0.29, 0.717) is 13.2 Å². The molecule has 0 radical (unpaired) electrons. The predicted molar refractivity (Wildman–Crippen MR) is 71.8 cm³/mol. The Morgan fingerprint density at radius 1 is 1.11 bits per heavy atom. The molecular weight excluding hydrogens is 244 g/mol. The zero-order chi connectivity index (χ0) is 14.3. The molecule has 0 aliphatic carbocycles. The maximum atomic E-state index is 11.8. The minimum absolute atomic E-state index is 0.174. The topological polar surface area (TPSA) is 52.6 Å². The van der Waals surface area contributed by atoms with E-state index in [1.165, 1.54) is 0 Å². The van der Waals surface area contributed by atoms with Crippen molar-refractivity contribution in [1.29, 1.82) is 0 Å². The quantitative estimate of drug-likeness (QED) is 0.741. The van der Waals surface area contributed by atoms with E-state index in [9.17, 15) is 9.59 Å². The number of benzene rings is 1. The van der Waals surface area contributed by atoms with E-state index < -0.39 is 0 Å². The average Bonchev–Trinajstić information content (AvgIpc) is 2.39. The lowest BCUT2D eigenvalue weighted by molar-refractivity contribution is -0.145. The third-order valence-electron chi connectivity index (χ3n) is 2.80. The molecule has 0 spiro atoms. The average molecular weight is 264 g/mol. The maximum absolute atomic E-state index is 11.8. The molecule has 1 rings (SSSR count). The number of hydrogen-bond acceptors (Lipinski definition) is 4. The first kappa shape index (κ1) is 15.2. The third kappa shape index (κ3) is 4.39. The predicted octanol–water partition coefficient (Wildman–Crippen LogP) is 2.46. The van der Waals surface area contributed by atoms with Gasteiger partial charge in [-0.3, -0.25) is 9.59 Å². The minimum Gasteiger partial charge on any atom is -0.466 e. The Hall–Kier alpha value is -1.84. The molecule has 0 amide bonds. The molecule has 19 heavy (non-hydrogen) atoms. The van der Waals surface area contributed by atoms with Crippen molar-refractivity contribution in [2.24, 2.45) is 0 Å². The number of hydrogen-bond donors (Lipinski definition) is 0. The fraction of sp³-hybridized carbons (Fsp3) is 0.467. The number of carbonyl (C=O) groups is 2. The number of carbonyl (C=O) groups excluding carboxylic acids is 2. The van der Waals surface area contributed by atoms with Crippen LogP contribution in [0.5, 0.6) is 0 Å². The fourth-order valence-electron chi connectivity index (χ4n) is 1.88. The highest BCUT2D eigenvalue weighted by Crippen LogP contribution is 2.22. The van der Waals surface area contributed by atoms with Crippen LogP contribution in [0, 0.1) is 0 Å². The maximum Gasteiger partial charge on any atom is 0.313 e. The molecule has 0 fully saturated rings. The standard InChI is InChI=1S/C15H20O4/c1-4-18-14(16)10-12-8-6-7-9-13(12)11(3)15(17)19-5-2/h6-9,11H,4-5,10H2,1-3H3. The lowest BCUT2D eigenvalue weighted by Crippen LogP contribution is -2.16. The molecule has 104 valence electrons. The lowest BCUT2D eigenvalue weighted by Gasteiger charge is -2.15. The zero-order valence-corrected chi connectivity index (χ0v) is 11.6. The lowest BCUT2D eigenvalue weighted by atomic mass is 9.94. The van der Waals surface area contributed by atoms with Crippen LogP contribution in [-0.4, -0.2) is 25.2 Å². The molecule has 0 saturated heterocycles. The van der Waals surface area contributed by atoms with Gasteiger partial charge in [0.2, 0.25) is 0 Å². The second-order valence-electron chi connectivity index (χ2n) is 4.15. The first-order chi connectivity index (χ1) is 9.10. The number of ether oxygens (including phenoxy) is 2. The van der Waals surface area contributed by atoms with Crippen molar-refractivity contribution in [3.8, 4) is 0 Å². The highest BCUT2D eigenvalue weighted by molar-refractivity contribution is 5.79. The minimum atomic E-state index is -0.384. The molecule has 0 aliphatic heterocycles. The van der Waals surface area contributed by atoms with Gasteiger partial charge in [-0.1, -0.05) is 24.3 Å². The van der Waals surface area contributed by atoms with Gasteiger partial charge >= 0.3 is 11.9 Å². The van der Waals surface area contributed by atoms with Crippen molar-refractivity contribution < 1.29 is 19.1 Å². The Bertz CT molecular complexity index is 440. The molecular formula is C15H20O4. The Morgan fingerprint density at radius 3 is 2.37 bits per heavy atom. The SMILES string of the molecule is CCOC(=O)Cc1ccccc1C(C)C(=O)OCC. The Labute approximate surface area is 113 Å². The van der Waals surface area contributed by atoms with Crippen molar-refractivity contribution in [2.75, 3.05) is 13.2 Å². The van der Waals surface area contributed by atoms with Gasteiger partial charge in [-0.2, -0.15) is 0 Å². The summed E-state index contributed by atoms with van der Waals surface area (Å²) in [5.41, 5.74) is 1.62. The van der Waals surface area contributed by atoms with Gasteiger partial charge in [0.25, 0.3) is 0 Å². The van der Waals surface area contributed by atoms with Gasteiger partial charge in [0.05, 0.1) is 25.6 Å². The molecule has 4 heteroatoms. The van der Waals surface area contributed by atoms with Crippen LogP contribution in [0.3, 0.4) is 0 Å². The fourth-order valence-corrected chi connectivity index (χ4v) is 1.88. The van der Waals surface area contributed by atoms with Crippen LogP contribution in [0.15, 0.2) is 24.3 Å². The second-order valence-corrected chi connectivity index (χ2v) is 4.15. The molecule has 1 unspecified atom stereocenters. The van der Waals surface area contributed by atoms with Gasteiger partial charge in [0.1, 0.15) is 0 Å². The molecule has 0 aromatic heterocycles. The molecule has 0 saturated carbocycles. The number of rotatable bonds is 6. The van der Waals surface area contributed by atoms with Crippen molar-refractivity contribution in [3.05, 3.63) is 35.4 Å². The smallest absolute Gasteiger partial charge is 0.313 e. The van der Waals surface area contributed by atoms with Crippen LogP contribution in [0.25, 0.3) is 0 Å². The molecule has 1 atom stereocenters. The number of esters is 2. The van der Waals surface area contributed by atoms with Gasteiger partial charge in [-0.15, -0.1) is 0 Å². The normalized spacial score (nSPS) is 11.7. The highest BCUT2D eigenvalue weighted by atomic mass is 16.5. The summed E-state index contributed by atoms with van der Waals surface area (Å²) in [6, 6.07) is 7.37. The van der Waals surface area contributed by atoms with Crippen LogP contribution in [0.4, 0.5) is 0 Å². The van der Waals surface area contributed by atoms with Crippen LogP contribution < -0.4 is 0 Å².